The van der Waals surface area contributed by atoms with Crippen LogP contribution in [0.5, 0.6) is 0 Å². The van der Waals surface area contributed by atoms with Crippen LogP contribution in [0.2, 0.25) is 0 Å². The predicted molar refractivity (Wildman–Crippen MR) is 86.5 cm³/mol. The SMILES string of the molecule is CSc1ccc(C(C)NC(C)CN2CCOCC2)cc1. The summed E-state index contributed by atoms with van der Waals surface area (Å²) in [7, 11) is 0. The van der Waals surface area contributed by atoms with Gasteiger partial charge in [-0.2, -0.15) is 0 Å². The summed E-state index contributed by atoms with van der Waals surface area (Å²) >= 11 is 1.79. The minimum absolute atomic E-state index is 0.391. The van der Waals surface area contributed by atoms with Gasteiger partial charge >= 0.3 is 0 Å². The molecule has 1 saturated heterocycles. The Kier molecular flexibility index (Phi) is 6.36. The molecule has 0 aliphatic carbocycles. The second kappa shape index (κ2) is 8.03. The third-order valence-corrected chi connectivity index (χ3v) is 4.53. The number of morpholine rings is 1. The summed E-state index contributed by atoms with van der Waals surface area (Å²) in [6, 6.07) is 9.73. The van der Waals surface area contributed by atoms with Gasteiger partial charge in [-0.05, 0) is 37.8 Å². The van der Waals surface area contributed by atoms with Gasteiger partial charge < -0.3 is 10.1 Å². The lowest BCUT2D eigenvalue weighted by Gasteiger charge is -2.30. The van der Waals surface area contributed by atoms with E-state index in [-0.39, 0.29) is 0 Å². The van der Waals surface area contributed by atoms with Crippen LogP contribution >= 0.6 is 11.8 Å². The molecule has 1 aliphatic heterocycles. The molecule has 0 bridgehead atoms. The largest absolute Gasteiger partial charge is 0.379 e. The number of benzene rings is 1. The lowest BCUT2D eigenvalue weighted by atomic mass is 10.1. The first-order chi connectivity index (χ1) is 9.69. The van der Waals surface area contributed by atoms with E-state index in [1.54, 1.807) is 11.8 Å². The third-order valence-electron chi connectivity index (χ3n) is 3.79. The van der Waals surface area contributed by atoms with Crippen molar-refractivity contribution in [2.45, 2.75) is 30.8 Å². The molecule has 0 aromatic heterocycles. The van der Waals surface area contributed by atoms with Crippen molar-refractivity contribution < 1.29 is 4.74 Å². The zero-order chi connectivity index (χ0) is 14.4. The Balaban J connectivity index is 1.81. The summed E-state index contributed by atoms with van der Waals surface area (Å²) < 4.78 is 5.39. The Morgan fingerprint density at radius 3 is 2.45 bits per heavy atom. The van der Waals surface area contributed by atoms with Crippen molar-refractivity contribution in [2.24, 2.45) is 0 Å². The smallest absolute Gasteiger partial charge is 0.0594 e. The van der Waals surface area contributed by atoms with E-state index in [9.17, 15) is 0 Å². The van der Waals surface area contributed by atoms with Gasteiger partial charge in [0.05, 0.1) is 13.2 Å². The fraction of sp³-hybridized carbons (Fsp3) is 0.625. The molecule has 1 N–H and O–H groups in total. The van der Waals surface area contributed by atoms with Crippen molar-refractivity contribution in [1.82, 2.24) is 10.2 Å². The van der Waals surface area contributed by atoms with Crippen LogP contribution in [0, 0.1) is 0 Å². The molecule has 1 aromatic carbocycles. The third kappa shape index (κ3) is 4.77. The highest BCUT2D eigenvalue weighted by molar-refractivity contribution is 7.98. The van der Waals surface area contributed by atoms with Gasteiger partial charge in [-0.1, -0.05) is 12.1 Å². The van der Waals surface area contributed by atoms with Gasteiger partial charge in [-0.3, -0.25) is 4.90 Å². The van der Waals surface area contributed by atoms with E-state index in [0.29, 0.717) is 12.1 Å². The molecule has 2 rings (SSSR count). The first-order valence-electron chi connectivity index (χ1n) is 7.39. The maximum atomic E-state index is 5.39. The van der Waals surface area contributed by atoms with E-state index in [2.05, 4.69) is 54.6 Å². The normalized spacial score (nSPS) is 19.8. The number of hydrogen-bond acceptors (Lipinski definition) is 4. The fourth-order valence-corrected chi connectivity index (χ4v) is 3.05. The van der Waals surface area contributed by atoms with E-state index in [1.165, 1.54) is 10.5 Å². The van der Waals surface area contributed by atoms with Gasteiger partial charge in [0.15, 0.2) is 0 Å². The summed E-state index contributed by atoms with van der Waals surface area (Å²) in [4.78, 5) is 3.80. The summed E-state index contributed by atoms with van der Waals surface area (Å²) in [5, 5.41) is 3.69. The van der Waals surface area contributed by atoms with Crippen LogP contribution in [0.3, 0.4) is 0 Å². The maximum Gasteiger partial charge on any atom is 0.0594 e. The Morgan fingerprint density at radius 2 is 1.85 bits per heavy atom. The van der Waals surface area contributed by atoms with Crippen molar-refractivity contribution in [3.63, 3.8) is 0 Å². The van der Waals surface area contributed by atoms with Crippen molar-refractivity contribution >= 4 is 11.8 Å². The summed E-state index contributed by atoms with van der Waals surface area (Å²) in [6.45, 7) is 9.46. The molecule has 1 aliphatic rings. The second-order valence-electron chi connectivity index (χ2n) is 5.48. The van der Waals surface area contributed by atoms with Crippen LogP contribution < -0.4 is 5.32 Å². The molecule has 20 heavy (non-hydrogen) atoms. The fourth-order valence-electron chi connectivity index (χ4n) is 2.64. The van der Waals surface area contributed by atoms with E-state index in [1.807, 2.05) is 0 Å². The van der Waals surface area contributed by atoms with E-state index < -0.39 is 0 Å². The van der Waals surface area contributed by atoms with Gasteiger partial charge in [-0.15, -0.1) is 11.8 Å². The van der Waals surface area contributed by atoms with Gasteiger partial charge in [0.2, 0.25) is 0 Å². The molecule has 0 amide bonds. The highest BCUT2D eigenvalue weighted by Gasteiger charge is 2.15. The van der Waals surface area contributed by atoms with E-state index in [4.69, 9.17) is 4.74 Å². The molecule has 2 atom stereocenters. The molecule has 0 spiro atoms. The van der Waals surface area contributed by atoms with Crippen LogP contribution in [0.1, 0.15) is 25.5 Å². The quantitative estimate of drug-likeness (QED) is 0.816. The topological polar surface area (TPSA) is 24.5 Å². The first-order valence-corrected chi connectivity index (χ1v) is 8.61. The first kappa shape index (κ1) is 15.8. The Bertz CT molecular complexity index is 390. The predicted octanol–water partition coefficient (Wildman–Crippen LogP) is 2.78. The molecular formula is C16H26N2OS. The van der Waals surface area contributed by atoms with Gasteiger partial charge in [0.1, 0.15) is 0 Å². The standard InChI is InChI=1S/C16H26N2OS/c1-13(12-18-8-10-19-11-9-18)17-14(2)15-4-6-16(20-3)7-5-15/h4-7,13-14,17H,8-12H2,1-3H3. The molecule has 1 fully saturated rings. The number of hydrogen-bond donors (Lipinski definition) is 1. The van der Waals surface area contributed by atoms with E-state index >= 15 is 0 Å². The lowest BCUT2D eigenvalue weighted by molar-refractivity contribution is 0.0339. The van der Waals surface area contributed by atoms with E-state index in [0.717, 1.165) is 32.8 Å². The zero-order valence-electron chi connectivity index (χ0n) is 12.8. The molecule has 112 valence electrons. The molecule has 1 aromatic rings. The number of nitrogens with one attached hydrogen (secondary N) is 1. The van der Waals surface area contributed by atoms with Gasteiger partial charge in [0.25, 0.3) is 0 Å². The van der Waals surface area contributed by atoms with Crippen LogP contribution in [0.15, 0.2) is 29.2 Å². The number of nitrogens with zero attached hydrogens (tertiary/aromatic N) is 1. The van der Waals surface area contributed by atoms with Crippen LogP contribution in [0.25, 0.3) is 0 Å². The van der Waals surface area contributed by atoms with Crippen LogP contribution in [0.4, 0.5) is 0 Å². The van der Waals surface area contributed by atoms with Crippen molar-refractivity contribution in [1.29, 1.82) is 0 Å². The molecule has 2 unspecified atom stereocenters. The Labute approximate surface area is 127 Å². The van der Waals surface area contributed by atoms with Gasteiger partial charge in [0, 0.05) is 36.6 Å². The van der Waals surface area contributed by atoms with Crippen LogP contribution in [-0.4, -0.2) is 50.0 Å². The summed E-state index contributed by atoms with van der Waals surface area (Å²) in [5.74, 6) is 0. The molecular weight excluding hydrogens is 268 g/mol. The molecule has 4 heteroatoms. The number of thioether (sulfide) groups is 1. The average molecular weight is 294 g/mol. The zero-order valence-corrected chi connectivity index (χ0v) is 13.6. The van der Waals surface area contributed by atoms with Crippen molar-refractivity contribution in [3.8, 4) is 0 Å². The molecule has 0 radical (unpaired) electrons. The molecule has 0 saturated carbocycles. The highest BCUT2D eigenvalue weighted by Crippen LogP contribution is 2.19. The van der Waals surface area contributed by atoms with Gasteiger partial charge in [-0.25, -0.2) is 0 Å². The Morgan fingerprint density at radius 1 is 1.20 bits per heavy atom. The van der Waals surface area contributed by atoms with Crippen LogP contribution in [-0.2, 0) is 4.74 Å². The minimum atomic E-state index is 0.391. The van der Waals surface area contributed by atoms with Crippen molar-refractivity contribution in [2.75, 3.05) is 39.1 Å². The highest BCUT2D eigenvalue weighted by atomic mass is 32.2. The summed E-state index contributed by atoms with van der Waals surface area (Å²) in [5.41, 5.74) is 1.36. The minimum Gasteiger partial charge on any atom is -0.379 e. The maximum absolute atomic E-state index is 5.39. The molecule has 1 heterocycles. The lowest BCUT2D eigenvalue weighted by Crippen LogP contribution is -2.44. The monoisotopic (exact) mass is 294 g/mol. The average Bonchev–Trinajstić information content (AvgIpc) is 2.48. The Hall–Kier alpha value is -0.550. The summed E-state index contributed by atoms with van der Waals surface area (Å²) in [6.07, 6.45) is 2.11. The van der Waals surface area contributed by atoms with Crippen molar-refractivity contribution in [3.05, 3.63) is 29.8 Å². The second-order valence-corrected chi connectivity index (χ2v) is 6.36. The number of rotatable bonds is 6. The molecule has 3 nitrogen and oxygen atoms in total. The number of ether oxygens (including phenoxy) is 1.